The second kappa shape index (κ2) is 4.82. The summed E-state index contributed by atoms with van der Waals surface area (Å²) in [6, 6.07) is 5.50. The number of hydrogen-bond donors (Lipinski definition) is 2. The maximum absolute atomic E-state index is 5.81. The van der Waals surface area contributed by atoms with E-state index in [1.54, 1.807) is 19.0 Å². The Morgan fingerprint density at radius 2 is 2.00 bits per heavy atom. The van der Waals surface area contributed by atoms with Crippen LogP contribution in [0.5, 0.6) is 11.5 Å². The Balaban J connectivity index is 2.24. The topological polar surface area (TPSA) is 98.5 Å². The average molecular weight is 249 g/mol. The van der Waals surface area contributed by atoms with E-state index < -0.39 is 0 Å². The number of fused-ring (bicyclic) bond motifs is 1. The summed E-state index contributed by atoms with van der Waals surface area (Å²) in [5, 5.41) is 0. The summed E-state index contributed by atoms with van der Waals surface area (Å²) >= 11 is 0. The number of aliphatic imine (C=N–C) groups is 2. The molecule has 0 amide bonds. The largest absolute Gasteiger partial charge is 0.454 e. The number of ether oxygens (including phenoxy) is 2. The van der Waals surface area contributed by atoms with Crippen molar-refractivity contribution in [1.29, 1.82) is 0 Å². The van der Waals surface area contributed by atoms with Gasteiger partial charge in [0.15, 0.2) is 11.5 Å². The lowest BCUT2D eigenvalue weighted by molar-refractivity contribution is 0.174. The van der Waals surface area contributed by atoms with Crippen molar-refractivity contribution < 1.29 is 9.47 Å². The molecule has 1 heterocycles. The Kier molecular flexibility index (Phi) is 3.22. The van der Waals surface area contributed by atoms with E-state index in [1.165, 1.54) is 0 Å². The maximum Gasteiger partial charge on any atom is 0.231 e. The molecule has 2 rings (SSSR count). The molecule has 0 radical (unpaired) electrons. The lowest BCUT2D eigenvalue weighted by Gasteiger charge is -2.18. The van der Waals surface area contributed by atoms with E-state index in [0.29, 0.717) is 5.75 Å². The van der Waals surface area contributed by atoms with Crippen LogP contribution in [0.2, 0.25) is 0 Å². The van der Waals surface area contributed by atoms with E-state index in [2.05, 4.69) is 9.98 Å². The average Bonchev–Trinajstić information content (AvgIpc) is 2.84. The second-order valence-corrected chi connectivity index (χ2v) is 3.65. The molecular weight excluding hydrogens is 234 g/mol. The smallest absolute Gasteiger partial charge is 0.231 e. The number of rotatable bonds is 1. The summed E-state index contributed by atoms with van der Waals surface area (Å²) in [7, 11) is 3.33. The third kappa shape index (κ3) is 2.29. The number of hydrogen-bond acceptors (Lipinski definition) is 3. The molecule has 0 bridgehead atoms. The zero-order chi connectivity index (χ0) is 13.1. The standard InChI is InChI=1S/C11H15N5O2/c1-14-10(12)15-11(13)16(2)7-3-4-8-9(5-7)18-6-17-8/h3-5H,6H2,1-2H3,(H4,12,13,14,15). The van der Waals surface area contributed by atoms with Crippen LogP contribution in [-0.4, -0.2) is 32.8 Å². The van der Waals surface area contributed by atoms with Gasteiger partial charge in [-0.15, -0.1) is 0 Å². The predicted octanol–water partition coefficient (Wildman–Crippen LogP) is 0.111. The Hall–Kier alpha value is -2.44. The summed E-state index contributed by atoms with van der Waals surface area (Å²) in [5.41, 5.74) is 12.1. The molecule has 1 aromatic rings. The van der Waals surface area contributed by atoms with Gasteiger partial charge in [-0.05, 0) is 12.1 Å². The van der Waals surface area contributed by atoms with Gasteiger partial charge in [-0.3, -0.25) is 4.99 Å². The van der Waals surface area contributed by atoms with Crippen molar-refractivity contribution >= 4 is 17.6 Å². The summed E-state index contributed by atoms with van der Waals surface area (Å²) in [6.45, 7) is 0.238. The lowest BCUT2D eigenvalue weighted by atomic mass is 10.2. The van der Waals surface area contributed by atoms with Gasteiger partial charge in [-0.2, -0.15) is 4.99 Å². The normalized spacial score (nSPS) is 14.8. The highest BCUT2D eigenvalue weighted by molar-refractivity contribution is 6.01. The number of benzene rings is 1. The minimum absolute atomic E-state index is 0.125. The fourth-order valence-electron chi connectivity index (χ4n) is 1.47. The van der Waals surface area contributed by atoms with E-state index in [4.69, 9.17) is 20.9 Å². The van der Waals surface area contributed by atoms with Gasteiger partial charge in [-0.1, -0.05) is 0 Å². The molecule has 0 saturated heterocycles. The minimum atomic E-state index is 0.125. The van der Waals surface area contributed by atoms with Crippen molar-refractivity contribution in [3.63, 3.8) is 0 Å². The zero-order valence-electron chi connectivity index (χ0n) is 10.3. The summed E-state index contributed by atoms with van der Waals surface area (Å²) < 4.78 is 10.5. The molecule has 0 unspecified atom stereocenters. The molecule has 0 atom stereocenters. The molecule has 0 saturated carbocycles. The van der Waals surface area contributed by atoms with Crippen molar-refractivity contribution in [2.45, 2.75) is 0 Å². The molecular formula is C11H15N5O2. The summed E-state index contributed by atoms with van der Waals surface area (Å²) in [6.07, 6.45) is 0. The highest BCUT2D eigenvalue weighted by atomic mass is 16.7. The van der Waals surface area contributed by atoms with E-state index in [1.807, 2.05) is 18.2 Å². The van der Waals surface area contributed by atoms with Gasteiger partial charge in [0.1, 0.15) is 0 Å². The Morgan fingerprint density at radius 1 is 1.28 bits per heavy atom. The SMILES string of the molecule is CN=C(N)N=C(N)N(C)c1ccc2c(c1)OCO2. The number of nitrogens with zero attached hydrogens (tertiary/aromatic N) is 3. The van der Waals surface area contributed by atoms with Gasteiger partial charge in [0, 0.05) is 25.8 Å². The maximum atomic E-state index is 5.81. The fourth-order valence-corrected chi connectivity index (χ4v) is 1.47. The van der Waals surface area contributed by atoms with Gasteiger partial charge >= 0.3 is 0 Å². The molecule has 1 aliphatic heterocycles. The molecule has 96 valence electrons. The van der Waals surface area contributed by atoms with Crippen LogP contribution in [0.25, 0.3) is 0 Å². The third-order valence-electron chi connectivity index (χ3n) is 2.55. The van der Waals surface area contributed by atoms with Crippen LogP contribution >= 0.6 is 0 Å². The summed E-state index contributed by atoms with van der Waals surface area (Å²) in [5.74, 6) is 1.78. The molecule has 0 fully saturated rings. The first-order valence-electron chi connectivity index (χ1n) is 5.31. The lowest BCUT2D eigenvalue weighted by Crippen LogP contribution is -2.35. The molecule has 1 aliphatic rings. The second-order valence-electron chi connectivity index (χ2n) is 3.65. The van der Waals surface area contributed by atoms with Crippen LogP contribution in [0.15, 0.2) is 28.2 Å². The Labute approximate surface area is 105 Å². The van der Waals surface area contributed by atoms with E-state index in [9.17, 15) is 0 Å². The molecule has 0 spiro atoms. The van der Waals surface area contributed by atoms with Crippen molar-refractivity contribution in [3.05, 3.63) is 18.2 Å². The molecule has 18 heavy (non-hydrogen) atoms. The van der Waals surface area contributed by atoms with Gasteiger partial charge in [0.05, 0.1) is 0 Å². The molecule has 1 aromatic carbocycles. The Morgan fingerprint density at radius 3 is 2.72 bits per heavy atom. The van der Waals surface area contributed by atoms with E-state index >= 15 is 0 Å². The van der Waals surface area contributed by atoms with E-state index in [0.717, 1.165) is 11.4 Å². The number of anilines is 1. The van der Waals surface area contributed by atoms with Crippen LogP contribution in [0, 0.1) is 0 Å². The van der Waals surface area contributed by atoms with Crippen molar-refractivity contribution in [2.24, 2.45) is 21.5 Å². The van der Waals surface area contributed by atoms with Gasteiger partial charge in [0.25, 0.3) is 0 Å². The quantitative estimate of drug-likeness (QED) is 0.543. The first-order chi connectivity index (χ1) is 8.61. The van der Waals surface area contributed by atoms with Gasteiger partial charge in [-0.25, -0.2) is 0 Å². The highest BCUT2D eigenvalue weighted by Gasteiger charge is 2.15. The van der Waals surface area contributed by atoms with Gasteiger partial charge < -0.3 is 25.8 Å². The van der Waals surface area contributed by atoms with Crippen LogP contribution in [0.1, 0.15) is 0 Å². The van der Waals surface area contributed by atoms with Crippen LogP contribution in [0.3, 0.4) is 0 Å². The third-order valence-corrected chi connectivity index (χ3v) is 2.55. The Bertz CT molecular complexity index is 512. The highest BCUT2D eigenvalue weighted by Crippen LogP contribution is 2.35. The monoisotopic (exact) mass is 249 g/mol. The van der Waals surface area contributed by atoms with Crippen molar-refractivity contribution in [3.8, 4) is 11.5 Å². The fraction of sp³-hybridized carbons (Fsp3) is 0.273. The summed E-state index contributed by atoms with van der Waals surface area (Å²) in [4.78, 5) is 9.34. The van der Waals surface area contributed by atoms with Crippen LogP contribution < -0.4 is 25.8 Å². The van der Waals surface area contributed by atoms with Crippen molar-refractivity contribution in [2.75, 3.05) is 25.8 Å². The number of guanidine groups is 2. The van der Waals surface area contributed by atoms with Gasteiger partial charge in [0.2, 0.25) is 18.7 Å². The molecule has 0 aromatic heterocycles. The minimum Gasteiger partial charge on any atom is -0.454 e. The molecule has 7 heteroatoms. The van der Waals surface area contributed by atoms with Crippen LogP contribution in [0.4, 0.5) is 5.69 Å². The molecule has 4 N–H and O–H groups in total. The van der Waals surface area contributed by atoms with Crippen LogP contribution in [-0.2, 0) is 0 Å². The van der Waals surface area contributed by atoms with Crippen molar-refractivity contribution in [1.82, 2.24) is 0 Å². The first-order valence-corrected chi connectivity index (χ1v) is 5.31. The zero-order valence-corrected chi connectivity index (χ0v) is 10.3. The van der Waals surface area contributed by atoms with E-state index in [-0.39, 0.29) is 18.7 Å². The molecule has 0 aliphatic carbocycles. The predicted molar refractivity (Wildman–Crippen MR) is 70.1 cm³/mol. The molecule has 7 nitrogen and oxygen atoms in total. The number of nitrogens with two attached hydrogens (primary N) is 2. The first kappa shape index (κ1) is 12.0.